The quantitative estimate of drug-likeness (QED) is 0.913. The number of aromatic amines is 1. The van der Waals surface area contributed by atoms with Gasteiger partial charge in [0, 0.05) is 10.9 Å². The molecule has 88 valence electrons. The summed E-state index contributed by atoms with van der Waals surface area (Å²) >= 11 is 3.44. The molecule has 1 saturated heterocycles. The van der Waals surface area contributed by atoms with Gasteiger partial charge < -0.3 is 10.3 Å². The first-order valence-electron chi connectivity index (χ1n) is 5.82. The molecule has 1 aromatic carbocycles. The van der Waals surface area contributed by atoms with Crippen molar-refractivity contribution in [2.24, 2.45) is 5.92 Å². The van der Waals surface area contributed by atoms with Crippen molar-refractivity contribution in [2.75, 3.05) is 13.1 Å². The summed E-state index contributed by atoms with van der Waals surface area (Å²) in [5.74, 6) is 1.84. The van der Waals surface area contributed by atoms with Gasteiger partial charge in [0.05, 0.1) is 11.9 Å². The first-order chi connectivity index (χ1) is 8.31. The SMILES string of the molecule is Brc1ccc(-c2cnc(CC3CNC3)[nH]2)cc1. The maximum atomic E-state index is 4.44. The van der Waals surface area contributed by atoms with Crippen LogP contribution in [-0.2, 0) is 6.42 Å². The summed E-state index contributed by atoms with van der Waals surface area (Å²) < 4.78 is 1.10. The van der Waals surface area contributed by atoms with Crippen molar-refractivity contribution >= 4 is 15.9 Å². The molecule has 2 heterocycles. The molecular weight excluding hydrogens is 278 g/mol. The number of rotatable bonds is 3. The molecule has 1 aliphatic rings. The Labute approximate surface area is 109 Å². The van der Waals surface area contributed by atoms with Crippen LogP contribution in [0.2, 0.25) is 0 Å². The molecule has 2 N–H and O–H groups in total. The minimum atomic E-state index is 0.749. The molecule has 0 amide bonds. The number of hydrogen-bond donors (Lipinski definition) is 2. The molecule has 0 atom stereocenters. The van der Waals surface area contributed by atoms with E-state index in [0.717, 1.165) is 41.4 Å². The number of nitrogens with one attached hydrogen (secondary N) is 2. The van der Waals surface area contributed by atoms with Gasteiger partial charge in [-0.05, 0) is 36.7 Å². The van der Waals surface area contributed by atoms with E-state index in [1.54, 1.807) is 0 Å². The Kier molecular flexibility index (Phi) is 2.99. The number of aromatic nitrogens is 2. The predicted molar refractivity (Wildman–Crippen MR) is 71.8 cm³/mol. The fourth-order valence-electron chi connectivity index (χ4n) is 2.01. The average molecular weight is 292 g/mol. The Hall–Kier alpha value is -1.13. The van der Waals surface area contributed by atoms with Crippen molar-refractivity contribution in [2.45, 2.75) is 6.42 Å². The van der Waals surface area contributed by atoms with E-state index < -0.39 is 0 Å². The van der Waals surface area contributed by atoms with Crippen molar-refractivity contribution in [3.8, 4) is 11.3 Å². The molecule has 4 heteroatoms. The third-order valence-electron chi connectivity index (χ3n) is 3.13. The zero-order valence-electron chi connectivity index (χ0n) is 9.41. The second kappa shape index (κ2) is 4.63. The van der Waals surface area contributed by atoms with Gasteiger partial charge in [-0.1, -0.05) is 28.1 Å². The van der Waals surface area contributed by atoms with Crippen LogP contribution in [0.1, 0.15) is 5.82 Å². The lowest BCUT2D eigenvalue weighted by atomic mass is 9.99. The zero-order chi connectivity index (χ0) is 11.7. The maximum absolute atomic E-state index is 4.44. The lowest BCUT2D eigenvalue weighted by molar-refractivity contribution is 0.342. The molecule has 0 spiro atoms. The van der Waals surface area contributed by atoms with E-state index in [0.29, 0.717) is 0 Å². The van der Waals surface area contributed by atoms with Crippen molar-refractivity contribution in [3.63, 3.8) is 0 Å². The van der Waals surface area contributed by atoms with Crippen molar-refractivity contribution in [3.05, 3.63) is 40.8 Å². The number of benzene rings is 1. The van der Waals surface area contributed by atoms with E-state index in [4.69, 9.17) is 0 Å². The largest absolute Gasteiger partial charge is 0.342 e. The number of hydrogen-bond acceptors (Lipinski definition) is 2. The second-order valence-corrected chi connectivity index (χ2v) is 5.39. The second-order valence-electron chi connectivity index (χ2n) is 4.48. The summed E-state index contributed by atoms with van der Waals surface area (Å²) in [6.45, 7) is 2.24. The molecule has 1 aliphatic heterocycles. The molecule has 3 nitrogen and oxygen atoms in total. The summed E-state index contributed by atoms with van der Waals surface area (Å²) in [5.41, 5.74) is 2.28. The van der Waals surface area contributed by atoms with Gasteiger partial charge in [0.2, 0.25) is 0 Å². The van der Waals surface area contributed by atoms with Crippen LogP contribution in [0.15, 0.2) is 34.9 Å². The monoisotopic (exact) mass is 291 g/mol. The van der Waals surface area contributed by atoms with Crippen LogP contribution in [0.5, 0.6) is 0 Å². The molecule has 0 saturated carbocycles. The van der Waals surface area contributed by atoms with Crippen molar-refractivity contribution in [1.82, 2.24) is 15.3 Å². The molecular formula is C13H14BrN3. The third kappa shape index (κ3) is 2.42. The van der Waals surface area contributed by atoms with Crippen LogP contribution in [0, 0.1) is 5.92 Å². The normalized spacial score (nSPS) is 15.8. The molecule has 17 heavy (non-hydrogen) atoms. The van der Waals surface area contributed by atoms with Crippen LogP contribution in [0.25, 0.3) is 11.3 Å². The number of imidazole rings is 1. The smallest absolute Gasteiger partial charge is 0.106 e. The lowest BCUT2D eigenvalue weighted by Crippen LogP contribution is -2.43. The highest BCUT2D eigenvalue weighted by molar-refractivity contribution is 9.10. The fraction of sp³-hybridized carbons (Fsp3) is 0.308. The minimum absolute atomic E-state index is 0.749. The summed E-state index contributed by atoms with van der Waals surface area (Å²) in [7, 11) is 0. The molecule has 0 radical (unpaired) electrons. The van der Waals surface area contributed by atoms with E-state index in [1.165, 1.54) is 5.56 Å². The summed E-state index contributed by atoms with van der Waals surface area (Å²) in [6, 6.07) is 8.27. The maximum Gasteiger partial charge on any atom is 0.106 e. The number of H-pyrrole nitrogens is 1. The summed E-state index contributed by atoms with van der Waals surface area (Å²) in [6.07, 6.45) is 2.97. The Balaban J connectivity index is 1.76. The summed E-state index contributed by atoms with van der Waals surface area (Å²) in [5, 5.41) is 3.28. The minimum Gasteiger partial charge on any atom is -0.342 e. The standard InChI is InChI=1S/C13H14BrN3/c14-11-3-1-10(2-4-11)12-8-16-13(17-12)5-9-6-15-7-9/h1-4,8-9,15H,5-7H2,(H,16,17). The van der Waals surface area contributed by atoms with Crippen LogP contribution >= 0.6 is 15.9 Å². The summed E-state index contributed by atoms with van der Waals surface area (Å²) in [4.78, 5) is 7.84. The molecule has 3 rings (SSSR count). The van der Waals surface area contributed by atoms with Gasteiger partial charge in [0.1, 0.15) is 5.82 Å². The van der Waals surface area contributed by atoms with Gasteiger partial charge >= 0.3 is 0 Å². The first-order valence-corrected chi connectivity index (χ1v) is 6.61. The van der Waals surface area contributed by atoms with Crippen LogP contribution in [0.4, 0.5) is 0 Å². The molecule has 1 aromatic heterocycles. The van der Waals surface area contributed by atoms with E-state index in [-0.39, 0.29) is 0 Å². The zero-order valence-corrected chi connectivity index (χ0v) is 11.0. The van der Waals surface area contributed by atoms with E-state index in [2.05, 4.69) is 43.3 Å². The molecule has 0 bridgehead atoms. The van der Waals surface area contributed by atoms with Gasteiger partial charge in [-0.25, -0.2) is 4.98 Å². The molecule has 0 unspecified atom stereocenters. The Morgan fingerprint density at radius 1 is 1.24 bits per heavy atom. The number of halogens is 1. The van der Waals surface area contributed by atoms with Crippen molar-refractivity contribution in [1.29, 1.82) is 0 Å². The highest BCUT2D eigenvalue weighted by Gasteiger charge is 2.18. The van der Waals surface area contributed by atoms with Crippen LogP contribution in [0.3, 0.4) is 0 Å². The van der Waals surface area contributed by atoms with E-state index in [9.17, 15) is 0 Å². The Bertz CT molecular complexity index is 500. The van der Waals surface area contributed by atoms with Gasteiger partial charge in [-0.3, -0.25) is 0 Å². The highest BCUT2D eigenvalue weighted by atomic mass is 79.9. The van der Waals surface area contributed by atoms with E-state index >= 15 is 0 Å². The van der Waals surface area contributed by atoms with Gasteiger partial charge in [-0.15, -0.1) is 0 Å². The van der Waals surface area contributed by atoms with Crippen LogP contribution < -0.4 is 5.32 Å². The Morgan fingerprint density at radius 3 is 2.65 bits per heavy atom. The lowest BCUT2D eigenvalue weighted by Gasteiger charge is -2.25. The van der Waals surface area contributed by atoms with Gasteiger partial charge in [0.25, 0.3) is 0 Å². The molecule has 1 fully saturated rings. The van der Waals surface area contributed by atoms with Crippen molar-refractivity contribution < 1.29 is 0 Å². The van der Waals surface area contributed by atoms with Crippen LogP contribution in [-0.4, -0.2) is 23.1 Å². The van der Waals surface area contributed by atoms with Gasteiger partial charge in [-0.2, -0.15) is 0 Å². The van der Waals surface area contributed by atoms with Gasteiger partial charge in [0.15, 0.2) is 0 Å². The molecule has 2 aromatic rings. The van der Waals surface area contributed by atoms with E-state index in [1.807, 2.05) is 18.3 Å². The predicted octanol–water partition coefficient (Wildman–Crippen LogP) is 2.60. The topological polar surface area (TPSA) is 40.7 Å². The first kappa shape index (κ1) is 11.0. The highest BCUT2D eigenvalue weighted by Crippen LogP contribution is 2.21. The Morgan fingerprint density at radius 2 is 2.00 bits per heavy atom. The molecule has 0 aliphatic carbocycles. The fourth-order valence-corrected chi connectivity index (χ4v) is 2.27. The average Bonchev–Trinajstić information content (AvgIpc) is 2.73. The number of nitrogens with zero attached hydrogens (tertiary/aromatic N) is 1. The third-order valence-corrected chi connectivity index (χ3v) is 3.66.